The molecule has 10 rings (SSSR count). The summed E-state index contributed by atoms with van der Waals surface area (Å²) in [5, 5.41) is 3.78. The van der Waals surface area contributed by atoms with Crippen LogP contribution < -0.4 is 19.1 Å². The van der Waals surface area contributed by atoms with Gasteiger partial charge in [0.05, 0.1) is 19.6 Å². The topological polar surface area (TPSA) is 35.1 Å². The van der Waals surface area contributed by atoms with Crippen LogP contribution in [0.5, 0.6) is 5.75 Å². The second-order valence-electron chi connectivity index (χ2n) is 16.0. The summed E-state index contributed by atoms with van der Waals surface area (Å²) < 4.78 is 21.5. The van der Waals surface area contributed by atoms with E-state index in [1.165, 1.54) is 49.4 Å². The smallest absolute Gasteiger partial charge is 0.298 e. The summed E-state index contributed by atoms with van der Waals surface area (Å²) in [6.45, 7) is 13.1. The lowest BCUT2D eigenvalue weighted by molar-refractivity contribution is -0.734. The van der Waals surface area contributed by atoms with E-state index in [0.717, 1.165) is 40.5 Å². The van der Waals surface area contributed by atoms with E-state index in [2.05, 4.69) is 175 Å². The summed E-state index contributed by atoms with van der Waals surface area (Å²) >= 11 is 0. The number of ether oxygens (including phenoxy) is 1. The molecule has 6 heteroatoms. The minimum absolute atomic E-state index is 0.0542. The highest BCUT2D eigenvalue weighted by Crippen LogP contribution is 2.46. The second-order valence-corrected chi connectivity index (χ2v) is 21.0. The third-order valence-corrected chi connectivity index (χ3v) is 13.5. The molecule has 0 fully saturated rings. The van der Waals surface area contributed by atoms with Crippen LogP contribution in [0.4, 0.5) is 0 Å². The van der Waals surface area contributed by atoms with Gasteiger partial charge in [0.2, 0.25) is 11.7 Å². The summed E-state index contributed by atoms with van der Waals surface area (Å²) in [4.78, 5) is 0. The number of hydrogen-bond donors (Lipinski definition) is 0. The molecular weight excluding hydrogens is 655 g/mol. The third kappa shape index (κ3) is 4.66. The van der Waals surface area contributed by atoms with E-state index in [4.69, 9.17) is 9.15 Å². The zero-order valence-corrected chi connectivity index (χ0v) is 31.4. The minimum atomic E-state index is -1.65. The SMILES string of the molecule is CC(C)c1ccc2c(c1)oc1c3c(ccc12)C1C[n+]2c(n(-c4ccccc4)c4ccccc42)-c2ccccc2OCC1[n+]1cc([Si](C)(C)C)ccc1-3. The number of benzene rings is 5. The van der Waals surface area contributed by atoms with Gasteiger partial charge in [-0.3, -0.25) is 0 Å². The lowest BCUT2D eigenvalue weighted by Gasteiger charge is -2.30. The zero-order valence-electron chi connectivity index (χ0n) is 30.4. The molecular formula is C46H43N3O2Si+2. The highest BCUT2D eigenvalue weighted by atomic mass is 28.3. The number of pyridine rings is 1. The predicted molar refractivity (Wildman–Crippen MR) is 213 cm³/mol. The maximum Gasteiger partial charge on any atom is 0.298 e. The standard InChI is InChI=1S/C46H43N3O2Si/c1-29(2)30-19-21-33-35-23-22-34-37-27-48-38-16-10-11-17-39(38)49(31-13-7-6-8-14-31)46(48)36-15-9-12-18-42(36)50-28-41(37)47-26-32(52(3,4)5)20-24-40(47)44(34)45(35)51-43(33)25-30/h6-26,29,37,41H,27-28H2,1-5H3/q+2. The van der Waals surface area contributed by atoms with E-state index in [9.17, 15) is 0 Å². The first-order valence-corrected chi connectivity index (χ1v) is 22.1. The van der Waals surface area contributed by atoms with Crippen LogP contribution in [0, 0.1) is 0 Å². The Morgan fingerprint density at radius 1 is 0.788 bits per heavy atom. The molecule has 52 heavy (non-hydrogen) atoms. The number of fused-ring (bicyclic) bond motifs is 15. The van der Waals surface area contributed by atoms with E-state index in [1.807, 2.05) is 0 Å². The van der Waals surface area contributed by atoms with Crippen LogP contribution >= 0.6 is 0 Å². The molecule has 256 valence electrons. The summed E-state index contributed by atoms with van der Waals surface area (Å²) in [7, 11) is -1.65. The third-order valence-electron chi connectivity index (χ3n) is 11.5. The Bertz CT molecular complexity index is 2700. The lowest BCUT2D eigenvalue weighted by atomic mass is 9.82. The number of para-hydroxylation sites is 4. The highest BCUT2D eigenvalue weighted by molar-refractivity contribution is 6.88. The zero-order chi connectivity index (χ0) is 35.3. The fourth-order valence-electron chi connectivity index (χ4n) is 8.74. The minimum Gasteiger partial charge on any atom is -0.486 e. The van der Waals surface area contributed by atoms with Crippen molar-refractivity contribution in [2.75, 3.05) is 6.61 Å². The number of aromatic nitrogens is 3. The Hall–Kier alpha value is -5.46. The molecule has 5 heterocycles. The van der Waals surface area contributed by atoms with Crippen LogP contribution in [0.3, 0.4) is 0 Å². The van der Waals surface area contributed by atoms with Crippen molar-refractivity contribution in [2.24, 2.45) is 0 Å². The summed E-state index contributed by atoms with van der Waals surface area (Å²) in [5.74, 6) is 2.56. The highest BCUT2D eigenvalue weighted by Gasteiger charge is 2.46. The number of imidazole rings is 1. The van der Waals surface area contributed by atoms with Crippen molar-refractivity contribution in [3.05, 3.63) is 139 Å². The molecule has 0 aliphatic carbocycles. The molecule has 0 bridgehead atoms. The first kappa shape index (κ1) is 31.3. The Kier molecular flexibility index (Phi) is 6.93. The molecule has 2 aliphatic rings. The summed E-state index contributed by atoms with van der Waals surface area (Å²) in [5.41, 5.74) is 11.5. The van der Waals surface area contributed by atoms with E-state index in [0.29, 0.717) is 12.5 Å². The van der Waals surface area contributed by atoms with Crippen LogP contribution in [0.1, 0.15) is 42.9 Å². The molecule has 0 saturated carbocycles. The van der Waals surface area contributed by atoms with Gasteiger partial charge >= 0.3 is 0 Å². The Labute approximate surface area is 305 Å². The van der Waals surface area contributed by atoms with Crippen molar-refractivity contribution < 1.29 is 18.3 Å². The molecule has 2 atom stereocenters. The van der Waals surface area contributed by atoms with Crippen molar-refractivity contribution in [3.63, 3.8) is 0 Å². The van der Waals surface area contributed by atoms with Gasteiger partial charge < -0.3 is 9.15 Å². The first-order chi connectivity index (χ1) is 25.3. The van der Waals surface area contributed by atoms with Crippen LogP contribution in [0.15, 0.2) is 132 Å². The summed E-state index contributed by atoms with van der Waals surface area (Å²) in [6.07, 6.45) is 2.45. The van der Waals surface area contributed by atoms with Crippen LogP contribution in [-0.4, -0.2) is 19.2 Å². The van der Waals surface area contributed by atoms with E-state index < -0.39 is 8.07 Å². The molecule has 5 nitrogen and oxygen atoms in total. The molecule has 0 N–H and O–H groups in total. The number of nitrogens with zero attached hydrogens (tertiary/aromatic N) is 3. The van der Waals surface area contributed by atoms with Crippen LogP contribution in [0.25, 0.3) is 61.3 Å². The monoisotopic (exact) mass is 697 g/mol. The van der Waals surface area contributed by atoms with Gasteiger partial charge in [0, 0.05) is 22.0 Å². The first-order valence-electron chi connectivity index (χ1n) is 18.6. The molecule has 2 aliphatic heterocycles. The molecule has 0 amide bonds. The average molecular weight is 698 g/mol. The normalized spacial score (nSPS) is 16.7. The molecule has 2 unspecified atom stereocenters. The fraction of sp³-hybridized carbons (Fsp3) is 0.217. The number of hydrogen-bond acceptors (Lipinski definition) is 2. The van der Waals surface area contributed by atoms with Gasteiger partial charge in [-0.2, -0.15) is 9.13 Å². The van der Waals surface area contributed by atoms with Gasteiger partial charge in [0.25, 0.3) is 5.82 Å². The Morgan fingerprint density at radius 3 is 2.38 bits per heavy atom. The molecule has 5 aromatic carbocycles. The largest absolute Gasteiger partial charge is 0.486 e. The number of rotatable bonds is 3. The Balaban J connectivity index is 1.29. The summed E-state index contributed by atoms with van der Waals surface area (Å²) in [6, 6.07) is 44.4. The van der Waals surface area contributed by atoms with E-state index >= 15 is 0 Å². The van der Waals surface area contributed by atoms with E-state index in [1.54, 1.807) is 0 Å². The van der Waals surface area contributed by atoms with Gasteiger partial charge in [-0.1, -0.05) is 106 Å². The van der Waals surface area contributed by atoms with Gasteiger partial charge in [-0.15, -0.1) is 0 Å². The van der Waals surface area contributed by atoms with Crippen LogP contribution in [0.2, 0.25) is 19.6 Å². The van der Waals surface area contributed by atoms with Crippen molar-refractivity contribution in [3.8, 4) is 34.1 Å². The quantitative estimate of drug-likeness (QED) is 0.136. The van der Waals surface area contributed by atoms with Crippen molar-refractivity contribution >= 4 is 46.2 Å². The maximum atomic E-state index is 7.03. The number of furan rings is 1. The van der Waals surface area contributed by atoms with Gasteiger partial charge in [-0.25, -0.2) is 4.57 Å². The van der Waals surface area contributed by atoms with Gasteiger partial charge in [0.1, 0.15) is 34.7 Å². The molecule has 3 aromatic heterocycles. The van der Waals surface area contributed by atoms with Crippen LogP contribution in [-0.2, 0) is 6.54 Å². The molecule has 0 radical (unpaired) electrons. The Morgan fingerprint density at radius 2 is 1.56 bits per heavy atom. The molecule has 0 spiro atoms. The average Bonchev–Trinajstić information content (AvgIpc) is 3.70. The van der Waals surface area contributed by atoms with Crippen molar-refractivity contribution in [2.45, 2.75) is 57.9 Å². The molecule has 0 saturated heterocycles. The van der Waals surface area contributed by atoms with Gasteiger partial charge in [0.15, 0.2) is 23.8 Å². The van der Waals surface area contributed by atoms with Crippen molar-refractivity contribution in [1.29, 1.82) is 0 Å². The molecule has 8 aromatic rings. The second kappa shape index (κ2) is 11.5. The lowest BCUT2D eigenvalue weighted by Crippen LogP contribution is -2.56. The fourth-order valence-corrected chi connectivity index (χ4v) is 9.85. The maximum absolute atomic E-state index is 7.03. The van der Waals surface area contributed by atoms with Gasteiger partial charge in [-0.05, 0) is 59.5 Å². The van der Waals surface area contributed by atoms with E-state index in [-0.39, 0.29) is 12.0 Å². The predicted octanol–water partition coefficient (Wildman–Crippen LogP) is 9.84. The van der Waals surface area contributed by atoms with Crippen molar-refractivity contribution in [1.82, 2.24) is 4.57 Å².